The molecule has 1 aromatic heterocycles. The molecule has 7 nitrogen and oxygen atoms in total. The van der Waals surface area contributed by atoms with Crippen molar-refractivity contribution in [2.24, 2.45) is 5.92 Å². The number of rotatable bonds is 7. The highest BCUT2D eigenvalue weighted by molar-refractivity contribution is 5.94. The first-order valence-corrected chi connectivity index (χ1v) is 11.8. The molecule has 2 aromatic rings. The summed E-state index contributed by atoms with van der Waals surface area (Å²) in [5.74, 6) is -3.55. The van der Waals surface area contributed by atoms with Crippen LogP contribution in [0.25, 0.3) is 11.3 Å². The highest BCUT2D eigenvalue weighted by Crippen LogP contribution is 2.28. The van der Waals surface area contributed by atoms with Gasteiger partial charge in [0.2, 0.25) is 5.91 Å². The van der Waals surface area contributed by atoms with Crippen LogP contribution in [0.4, 0.5) is 17.6 Å². The van der Waals surface area contributed by atoms with Gasteiger partial charge >= 0.3 is 0 Å². The Balaban J connectivity index is 1.46. The van der Waals surface area contributed by atoms with E-state index >= 15 is 0 Å². The molecule has 1 saturated carbocycles. The van der Waals surface area contributed by atoms with Crippen LogP contribution in [0.1, 0.15) is 49.0 Å². The summed E-state index contributed by atoms with van der Waals surface area (Å²) in [5, 5.41) is 8.74. The van der Waals surface area contributed by atoms with Crippen LogP contribution in [0.15, 0.2) is 28.8 Å². The highest BCUT2D eigenvalue weighted by atomic mass is 19.3. The minimum absolute atomic E-state index is 0.0500. The second-order valence-corrected chi connectivity index (χ2v) is 9.10. The lowest BCUT2D eigenvalue weighted by Crippen LogP contribution is -2.58. The quantitative estimate of drug-likeness (QED) is 0.570. The van der Waals surface area contributed by atoms with E-state index in [-0.39, 0.29) is 17.0 Å². The minimum atomic E-state index is -2.68. The highest BCUT2D eigenvalue weighted by Gasteiger charge is 2.38. The van der Waals surface area contributed by atoms with E-state index in [0.29, 0.717) is 31.6 Å². The van der Waals surface area contributed by atoms with E-state index in [4.69, 9.17) is 4.52 Å². The number of aromatic nitrogens is 1. The molecule has 2 atom stereocenters. The van der Waals surface area contributed by atoms with Gasteiger partial charge in [-0.05, 0) is 31.4 Å². The summed E-state index contributed by atoms with van der Waals surface area (Å²) in [6.45, 7) is 0.268. The lowest BCUT2D eigenvalue weighted by Gasteiger charge is -2.43. The summed E-state index contributed by atoms with van der Waals surface area (Å²) in [6.07, 6.45) is 3.27. The molecule has 2 fully saturated rings. The van der Waals surface area contributed by atoms with E-state index in [1.807, 2.05) is 0 Å². The maximum Gasteiger partial charge on any atom is 0.273 e. The van der Waals surface area contributed by atoms with Crippen molar-refractivity contribution in [1.82, 2.24) is 20.7 Å². The van der Waals surface area contributed by atoms with Crippen molar-refractivity contribution < 1.29 is 31.7 Å². The average Bonchev–Trinajstić information content (AvgIpc) is 3.33. The predicted octanol–water partition coefficient (Wildman–Crippen LogP) is 3.75. The predicted molar refractivity (Wildman–Crippen MR) is 119 cm³/mol. The van der Waals surface area contributed by atoms with Crippen molar-refractivity contribution in [3.63, 3.8) is 0 Å². The normalized spacial score (nSPS) is 21.7. The third-order valence-electron chi connectivity index (χ3n) is 6.76. The summed E-state index contributed by atoms with van der Waals surface area (Å²) in [5.41, 5.74) is -0.187. The first-order chi connectivity index (χ1) is 16.8. The fourth-order valence-electron chi connectivity index (χ4n) is 4.94. The fraction of sp³-hybridized carbons (Fsp3) is 0.542. The Morgan fingerprint density at radius 2 is 1.89 bits per heavy atom. The van der Waals surface area contributed by atoms with Gasteiger partial charge in [0, 0.05) is 37.3 Å². The smallest absolute Gasteiger partial charge is 0.273 e. The number of piperidine rings is 1. The number of hydrogen-bond acceptors (Lipinski definition) is 5. The molecule has 2 heterocycles. The van der Waals surface area contributed by atoms with Gasteiger partial charge in [0.15, 0.2) is 11.5 Å². The van der Waals surface area contributed by atoms with Gasteiger partial charge in [-0.2, -0.15) is 0 Å². The second-order valence-electron chi connectivity index (χ2n) is 9.10. The number of benzene rings is 1. The molecule has 0 bridgehead atoms. The number of carbonyl (C=O) groups is 2. The van der Waals surface area contributed by atoms with Crippen molar-refractivity contribution in [1.29, 1.82) is 0 Å². The Labute approximate surface area is 200 Å². The van der Waals surface area contributed by atoms with Crippen LogP contribution in [0.5, 0.6) is 0 Å². The zero-order valence-corrected chi connectivity index (χ0v) is 19.1. The third kappa shape index (κ3) is 6.19. The molecule has 0 unspecified atom stereocenters. The maximum atomic E-state index is 14.0. The van der Waals surface area contributed by atoms with Gasteiger partial charge in [0.25, 0.3) is 12.3 Å². The third-order valence-corrected chi connectivity index (χ3v) is 6.76. The van der Waals surface area contributed by atoms with Crippen molar-refractivity contribution >= 4 is 11.8 Å². The van der Waals surface area contributed by atoms with Crippen molar-refractivity contribution in [3.05, 3.63) is 41.6 Å². The van der Waals surface area contributed by atoms with Crippen LogP contribution in [0, 0.1) is 17.6 Å². The van der Waals surface area contributed by atoms with E-state index in [1.165, 1.54) is 18.6 Å². The number of amides is 2. The number of nitrogens with one attached hydrogen (secondary N) is 2. The summed E-state index contributed by atoms with van der Waals surface area (Å²) in [4.78, 5) is 27.9. The van der Waals surface area contributed by atoms with Crippen molar-refractivity contribution in [2.75, 3.05) is 19.6 Å². The summed E-state index contributed by atoms with van der Waals surface area (Å²) in [7, 11) is 0. The average molecular weight is 497 g/mol. The van der Waals surface area contributed by atoms with Gasteiger partial charge in [0.05, 0.1) is 18.0 Å². The van der Waals surface area contributed by atoms with E-state index in [0.717, 1.165) is 31.7 Å². The fourth-order valence-corrected chi connectivity index (χ4v) is 4.94. The largest absolute Gasteiger partial charge is 0.355 e. The first-order valence-electron chi connectivity index (χ1n) is 11.8. The molecule has 1 aliphatic carbocycles. The Hall–Kier alpha value is -2.95. The van der Waals surface area contributed by atoms with Crippen LogP contribution in [0.3, 0.4) is 0 Å². The number of carbonyl (C=O) groups excluding carboxylic acids is 2. The summed E-state index contributed by atoms with van der Waals surface area (Å²) in [6, 6.07) is 3.91. The lowest BCUT2D eigenvalue weighted by atomic mass is 9.87. The standard InChI is InChI=1S/C24H28F4N4O3/c25-14-6-7-16(18(26)10-14)21-11-20(31-35-21)24(34)30-19-8-9-32(15-4-2-1-3-5-15)13-17(19)23(33)29-12-22(27)28/h6-7,10-11,15,17,19,22H,1-5,8-9,12-13H2,(H,29,33)(H,30,34)/t17-,19-/m1/s1. The SMILES string of the molecule is O=C(N[C@@H]1CCN(C2CCCCC2)C[C@H]1C(=O)NCC(F)F)c1cc(-c2ccc(F)cc2F)on1. The molecule has 0 radical (unpaired) electrons. The maximum absolute atomic E-state index is 14.0. The monoisotopic (exact) mass is 496 g/mol. The van der Waals surface area contributed by atoms with Gasteiger partial charge in [-0.1, -0.05) is 24.4 Å². The molecule has 35 heavy (non-hydrogen) atoms. The molecule has 11 heteroatoms. The molecule has 2 amide bonds. The van der Waals surface area contributed by atoms with Crippen molar-refractivity contribution in [2.45, 2.75) is 57.0 Å². The Morgan fingerprint density at radius 3 is 2.60 bits per heavy atom. The molecule has 190 valence electrons. The Kier molecular flexibility index (Phi) is 8.04. The molecular formula is C24H28F4N4O3. The summed E-state index contributed by atoms with van der Waals surface area (Å²) >= 11 is 0. The van der Waals surface area contributed by atoms with Crippen molar-refractivity contribution in [3.8, 4) is 11.3 Å². The molecule has 2 N–H and O–H groups in total. The molecule has 0 spiro atoms. The molecular weight excluding hydrogens is 468 g/mol. The van der Waals surface area contributed by atoms with Gasteiger partial charge < -0.3 is 15.2 Å². The zero-order valence-electron chi connectivity index (χ0n) is 19.1. The first kappa shape index (κ1) is 25.2. The molecule has 1 aromatic carbocycles. The van der Waals surface area contributed by atoms with E-state index < -0.39 is 48.4 Å². The Morgan fingerprint density at radius 1 is 1.11 bits per heavy atom. The number of nitrogens with zero attached hydrogens (tertiary/aromatic N) is 2. The molecule has 4 rings (SSSR count). The van der Waals surface area contributed by atoms with Gasteiger partial charge in [-0.15, -0.1) is 0 Å². The van der Waals surface area contributed by atoms with Crippen LogP contribution in [-0.4, -0.2) is 60.0 Å². The Bertz CT molecular complexity index is 1040. The number of likely N-dealkylation sites (tertiary alicyclic amines) is 1. The van der Waals surface area contributed by atoms with Gasteiger partial charge in [0.1, 0.15) is 11.6 Å². The van der Waals surface area contributed by atoms with E-state index in [1.54, 1.807) is 0 Å². The van der Waals surface area contributed by atoms with Crippen LogP contribution in [0.2, 0.25) is 0 Å². The van der Waals surface area contributed by atoms with Gasteiger partial charge in [-0.25, -0.2) is 17.6 Å². The van der Waals surface area contributed by atoms with Crippen LogP contribution in [-0.2, 0) is 4.79 Å². The minimum Gasteiger partial charge on any atom is -0.355 e. The van der Waals surface area contributed by atoms with E-state index in [9.17, 15) is 27.2 Å². The number of hydrogen-bond donors (Lipinski definition) is 2. The molecule has 1 saturated heterocycles. The lowest BCUT2D eigenvalue weighted by molar-refractivity contribution is -0.128. The molecule has 2 aliphatic rings. The topological polar surface area (TPSA) is 87.5 Å². The van der Waals surface area contributed by atoms with Crippen LogP contribution < -0.4 is 10.6 Å². The molecule has 1 aliphatic heterocycles. The second kappa shape index (κ2) is 11.2. The number of alkyl halides is 2. The zero-order chi connectivity index (χ0) is 24.9. The van der Waals surface area contributed by atoms with Gasteiger partial charge in [-0.3, -0.25) is 14.5 Å². The van der Waals surface area contributed by atoms with E-state index in [2.05, 4.69) is 20.7 Å². The summed E-state index contributed by atoms with van der Waals surface area (Å²) < 4.78 is 57.7. The van der Waals surface area contributed by atoms with Crippen LogP contribution >= 0.6 is 0 Å². The number of halogens is 4.